The average molecular weight is 520 g/mol. The minimum atomic E-state index is -6.09. The number of aliphatic hydroxyl groups excluding tert-OH is 1. The molecule has 3 unspecified atom stereocenters. The van der Waals surface area contributed by atoms with Crippen LogP contribution in [0.4, 0.5) is 5.95 Å². The topological polar surface area (TPSA) is 307 Å². The molecule has 0 radical (unpaired) electrons. The molecule has 6 N–H and O–H groups in total. The van der Waals surface area contributed by atoms with Gasteiger partial charge < -0.3 is 39.7 Å². The maximum atomic E-state index is 12.2. The van der Waals surface area contributed by atoms with Gasteiger partial charge >= 0.3 is 5.69 Å². The van der Waals surface area contributed by atoms with Crippen LogP contribution in [0.15, 0.2) is 9.59 Å². The van der Waals surface area contributed by atoms with E-state index in [1.165, 1.54) is 0 Å². The van der Waals surface area contributed by atoms with E-state index in [1.54, 1.807) is 0 Å². The van der Waals surface area contributed by atoms with Crippen LogP contribution >= 0.6 is 23.5 Å². The molecular formula is C10H13N5O14P3-3. The van der Waals surface area contributed by atoms with Crippen molar-refractivity contribution in [2.75, 3.05) is 12.3 Å². The Bertz CT molecular complexity index is 1280. The molecule has 3 rings (SSSR count). The lowest BCUT2D eigenvalue weighted by Crippen LogP contribution is -2.28. The number of rotatable bonds is 8. The molecule has 1 fully saturated rings. The number of fused-ring (bicyclic) bond motifs is 1. The quantitative estimate of drug-likeness (QED) is 0.208. The summed E-state index contributed by atoms with van der Waals surface area (Å²) in [4.78, 5) is 73.8. The van der Waals surface area contributed by atoms with Gasteiger partial charge in [-0.15, -0.1) is 0 Å². The van der Waals surface area contributed by atoms with Crippen LogP contribution in [0.1, 0.15) is 12.6 Å². The number of aliphatic hydroxyl groups is 1. The van der Waals surface area contributed by atoms with Gasteiger partial charge in [-0.1, -0.05) is 0 Å². The smallest absolute Gasteiger partial charge is 0.329 e. The molecule has 1 aliphatic rings. The normalized spacial score (nSPS) is 27.1. The van der Waals surface area contributed by atoms with Crippen molar-refractivity contribution in [3.8, 4) is 0 Å². The van der Waals surface area contributed by atoms with Gasteiger partial charge in [0, 0.05) is 6.42 Å². The molecule has 3 heterocycles. The van der Waals surface area contributed by atoms with Crippen LogP contribution in [-0.4, -0.2) is 48.3 Å². The predicted molar refractivity (Wildman–Crippen MR) is 93.1 cm³/mol. The summed E-state index contributed by atoms with van der Waals surface area (Å²) >= 11 is 0. The zero-order chi connectivity index (χ0) is 24.1. The third-order valence-electron chi connectivity index (χ3n) is 3.89. The number of H-pyrrole nitrogens is 2. The Kier molecular flexibility index (Phi) is 6.67. The number of aromatic amines is 2. The maximum Gasteiger partial charge on any atom is 0.329 e. The van der Waals surface area contributed by atoms with Crippen LogP contribution in [0.5, 0.6) is 0 Å². The Balaban J connectivity index is 1.72. The number of phosphoric acid groups is 3. The second-order valence-electron chi connectivity index (χ2n) is 6.20. The largest absolute Gasteiger partial charge is 0.756 e. The molecule has 0 saturated carbocycles. The van der Waals surface area contributed by atoms with E-state index in [0.29, 0.717) is 0 Å². The van der Waals surface area contributed by atoms with Crippen molar-refractivity contribution in [1.29, 1.82) is 0 Å². The molecule has 19 nitrogen and oxygen atoms in total. The first-order valence-electron chi connectivity index (χ1n) is 8.13. The third kappa shape index (κ3) is 5.79. The van der Waals surface area contributed by atoms with Crippen molar-refractivity contribution in [3.05, 3.63) is 20.8 Å². The van der Waals surface area contributed by atoms with Gasteiger partial charge in [0.15, 0.2) is 11.2 Å². The molecule has 1 saturated heterocycles. The van der Waals surface area contributed by atoms with E-state index in [2.05, 4.69) is 28.1 Å². The molecule has 0 aliphatic carbocycles. The summed E-state index contributed by atoms with van der Waals surface area (Å²) < 4.78 is 50.2. The minimum absolute atomic E-state index is 0.219. The highest BCUT2D eigenvalue weighted by atomic mass is 31.3. The van der Waals surface area contributed by atoms with Gasteiger partial charge in [-0.2, -0.15) is 4.98 Å². The van der Waals surface area contributed by atoms with Crippen molar-refractivity contribution in [2.45, 2.75) is 24.9 Å². The summed E-state index contributed by atoms with van der Waals surface area (Å²) in [7, 11) is -17.8. The van der Waals surface area contributed by atoms with Crippen molar-refractivity contribution < 1.29 is 56.3 Å². The van der Waals surface area contributed by atoms with Crippen LogP contribution in [0.2, 0.25) is 0 Å². The van der Waals surface area contributed by atoms with E-state index >= 15 is 0 Å². The van der Waals surface area contributed by atoms with Gasteiger partial charge in [-0.3, -0.25) is 28.5 Å². The van der Waals surface area contributed by atoms with E-state index in [9.17, 15) is 43.1 Å². The lowest BCUT2D eigenvalue weighted by Gasteiger charge is -2.33. The average Bonchev–Trinajstić information content (AvgIpc) is 3.09. The Morgan fingerprint density at radius 1 is 1.19 bits per heavy atom. The molecule has 32 heavy (non-hydrogen) atoms. The van der Waals surface area contributed by atoms with Crippen LogP contribution in [-0.2, 0) is 31.6 Å². The Hall–Kier alpha value is -1.72. The molecule has 0 spiro atoms. The van der Waals surface area contributed by atoms with Crippen molar-refractivity contribution >= 4 is 40.6 Å². The third-order valence-corrected chi connectivity index (χ3v) is 7.58. The predicted octanol–water partition coefficient (Wildman–Crippen LogP) is -3.91. The summed E-state index contributed by atoms with van der Waals surface area (Å²) in [5.41, 5.74) is 3.35. The summed E-state index contributed by atoms with van der Waals surface area (Å²) in [6.07, 6.45) is -4.50. The number of nitrogens with zero attached hydrogens (tertiary/aromatic N) is 2. The molecule has 2 aromatic rings. The van der Waals surface area contributed by atoms with E-state index in [0.717, 1.165) is 4.57 Å². The standard InChI is InChI=1S/C10H16N5O14P3/c11-9-13-7-6(8(17)14-9)12-10(18)15(7)5-1-3(16)4(27-5)2-26-31(22,23)29-32(24,25)28-30(19,20)21/h3-5,16H,1-2H2,(H,12,18)(H,22,23)(H,24,25)(H2,19,20,21)(H3,11,13,14,17)/p-3/t3-,4+,5+/m0/s1. The second-order valence-corrected chi connectivity index (χ2v) is 10.5. The van der Waals surface area contributed by atoms with Crippen LogP contribution < -0.4 is 31.7 Å². The first kappa shape index (κ1) is 24.9. The number of nitrogens with two attached hydrogens (primary N) is 1. The number of imidazole rings is 1. The van der Waals surface area contributed by atoms with Gasteiger partial charge in [0.2, 0.25) is 5.95 Å². The molecule has 22 heteroatoms. The fraction of sp³-hybridized carbons (Fsp3) is 0.500. The van der Waals surface area contributed by atoms with Crippen LogP contribution in [0.3, 0.4) is 0 Å². The Labute approximate surface area is 175 Å². The summed E-state index contributed by atoms with van der Waals surface area (Å²) in [5.74, 6) is -0.326. The number of phosphoric ester groups is 1. The monoisotopic (exact) mass is 520 g/mol. The first-order chi connectivity index (χ1) is 14.6. The highest BCUT2D eigenvalue weighted by molar-refractivity contribution is 7.65. The first-order valence-corrected chi connectivity index (χ1v) is 12.6. The molecule has 0 bridgehead atoms. The van der Waals surface area contributed by atoms with E-state index in [1.807, 2.05) is 0 Å². The zero-order valence-electron chi connectivity index (χ0n) is 15.3. The fourth-order valence-corrected chi connectivity index (χ4v) is 5.67. The zero-order valence-corrected chi connectivity index (χ0v) is 17.9. The summed E-state index contributed by atoms with van der Waals surface area (Å²) in [6, 6.07) is 0. The summed E-state index contributed by atoms with van der Waals surface area (Å²) in [5, 5.41) is 10.1. The van der Waals surface area contributed by atoms with E-state index in [-0.39, 0.29) is 23.5 Å². The number of aromatic nitrogens is 4. The van der Waals surface area contributed by atoms with Gasteiger partial charge in [0.25, 0.3) is 29.0 Å². The number of hydrogen-bond donors (Lipinski definition) is 5. The number of nitrogen functional groups attached to an aromatic ring is 1. The van der Waals surface area contributed by atoms with Crippen molar-refractivity contribution in [1.82, 2.24) is 19.5 Å². The van der Waals surface area contributed by atoms with E-state index in [4.69, 9.17) is 15.4 Å². The summed E-state index contributed by atoms with van der Waals surface area (Å²) in [6.45, 7) is -1.04. The van der Waals surface area contributed by atoms with Gasteiger partial charge in [0.05, 0.1) is 12.7 Å². The van der Waals surface area contributed by atoms with E-state index < -0.39 is 59.8 Å². The van der Waals surface area contributed by atoms with Crippen molar-refractivity contribution in [2.24, 2.45) is 0 Å². The molecule has 0 amide bonds. The molecule has 1 aliphatic heterocycles. The van der Waals surface area contributed by atoms with Gasteiger partial charge in [-0.25, -0.2) is 18.0 Å². The highest BCUT2D eigenvalue weighted by Crippen LogP contribution is 2.61. The maximum absolute atomic E-state index is 12.2. The molecule has 2 aromatic heterocycles. The molecular weight excluding hydrogens is 507 g/mol. The Morgan fingerprint density at radius 2 is 1.84 bits per heavy atom. The second kappa shape index (κ2) is 8.57. The molecule has 6 atom stereocenters. The lowest BCUT2D eigenvalue weighted by atomic mass is 10.2. The number of hydrogen-bond acceptors (Lipinski definition) is 15. The lowest BCUT2D eigenvalue weighted by molar-refractivity contribution is -0.250. The van der Waals surface area contributed by atoms with Gasteiger partial charge in [0.1, 0.15) is 12.3 Å². The molecule has 180 valence electrons. The molecule has 0 aromatic carbocycles. The Morgan fingerprint density at radius 3 is 2.47 bits per heavy atom. The minimum Gasteiger partial charge on any atom is -0.756 e. The van der Waals surface area contributed by atoms with Crippen molar-refractivity contribution in [3.63, 3.8) is 0 Å². The fourth-order valence-electron chi connectivity index (χ4n) is 2.77. The van der Waals surface area contributed by atoms with Gasteiger partial charge in [-0.05, 0) is 0 Å². The number of ether oxygens (including phenoxy) is 1. The number of anilines is 1. The highest BCUT2D eigenvalue weighted by Gasteiger charge is 2.38. The van der Waals surface area contributed by atoms with Crippen LogP contribution in [0, 0.1) is 0 Å². The van der Waals surface area contributed by atoms with Crippen LogP contribution in [0.25, 0.3) is 11.2 Å². The SMILES string of the molecule is Nc1nc2c([nH]c(=O)n2[C@H]2C[C@H](O)[C@@H](COP(=O)([O-])OP(=O)([O-])OP(=O)([O-])O)O2)c(=O)[nH]1. The number of nitrogens with one attached hydrogen (secondary N) is 2.